The van der Waals surface area contributed by atoms with Crippen molar-refractivity contribution in [3.05, 3.63) is 16.1 Å². The molecule has 0 amide bonds. The molecule has 4 heteroatoms. The third-order valence-electron chi connectivity index (χ3n) is 3.95. The van der Waals surface area contributed by atoms with Gasteiger partial charge in [-0.05, 0) is 38.6 Å². The topological polar surface area (TPSA) is 36.4 Å². The molecule has 1 aromatic rings. The molecule has 2 rings (SSSR count). The standard InChI is InChI=1S/C15H26N2OS/c1-3-7-15-16-12(11-19-15)10-17-9-6-5-8-13(17)14(18)4-2/h11,13-14,18H,3-10H2,1-2H3. The molecule has 2 heterocycles. The van der Waals surface area contributed by atoms with Gasteiger partial charge in [0.05, 0.1) is 16.8 Å². The Bertz CT molecular complexity index is 380. The van der Waals surface area contributed by atoms with Gasteiger partial charge >= 0.3 is 0 Å². The molecule has 1 aliphatic rings. The lowest BCUT2D eigenvalue weighted by atomic mass is 9.96. The summed E-state index contributed by atoms with van der Waals surface area (Å²) in [7, 11) is 0. The lowest BCUT2D eigenvalue weighted by Crippen LogP contribution is -2.46. The summed E-state index contributed by atoms with van der Waals surface area (Å²) in [6.07, 6.45) is 6.53. The molecule has 19 heavy (non-hydrogen) atoms. The lowest BCUT2D eigenvalue weighted by molar-refractivity contribution is 0.0190. The largest absolute Gasteiger partial charge is 0.392 e. The Labute approximate surface area is 120 Å². The zero-order valence-corrected chi connectivity index (χ0v) is 13.0. The molecule has 0 saturated carbocycles. The number of aliphatic hydroxyl groups is 1. The minimum atomic E-state index is -0.186. The van der Waals surface area contributed by atoms with Crippen LogP contribution in [0.2, 0.25) is 0 Å². The predicted octanol–water partition coefficient (Wildman–Crippen LogP) is 3.22. The third-order valence-corrected chi connectivity index (χ3v) is 4.91. The number of hydrogen-bond acceptors (Lipinski definition) is 4. The monoisotopic (exact) mass is 282 g/mol. The van der Waals surface area contributed by atoms with E-state index < -0.39 is 0 Å². The quantitative estimate of drug-likeness (QED) is 0.870. The van der Waals surface area contributed by atoms with Crippen molar-refractivity contribution in [2.45, 2.75) is 71.1 Å². The predicted molar refractivity (Wildman–Crippen MR) is 80.5 cm³/mol. The van der Waals surface area contributed by atoms with Gasteiger partial charge in [0.2, 0.25) is 0 Å². The van der Waals surface area contributed by atoms with E-state index in [4.69, 9.17) is 4.98 Å². The van der Waals surface area contributed by atoms with E-state index >= 15 is 0 Å². The van der Waals surface area contributed by atoms with Gasteiger partial charge in [-0.3, -0.25) is 4.90 Å². The molecule has 0 bridgehead atoms. The molecule has 3 nitrogen and oxygen atoms in total. The summed E-state index contributed by atoms with van der Waals surface area (Å²) in [6, 6.07) is 0.329. The zero-order chi connectivity index (χ0) is 13.7. The number of hydrogen-bond donors (Lipinski definition) is 1. The van der Waals surface area contributed by atoms with E-state index in [1.165, 1.54) is 23.5 Å². The average molecular weight is 282 g/mol. The van der Waals surface area contributed by atoms with E-state index in [0.29, 0.717) is 6.04 Å². The Kier molecular flexibility index (Phi) is 5.79. The summed E-state index contributed by atoms with van der Waals surface area (Å²) in [4.78, 5) is 7.14. The molecule has 0 radical (unpaired) electrons. The fourth-order valence-electron chi connectivity index (χ4n) is 2.88. The molecule has 1 aromatic heterocycles. The molecule has 1 aliphatic heterocycles. The summed E-state index contributed by atoms with van der Waals surface area (Å²) >= 11 is 1.78. The smallest absolute Gasteiger partial charge is 0.0928 e. The van der Waals surface area contributed by atoms with Crippen LogP contribution in [0.25, 0.3) is 0 Å². The normalized spacial score (nSPS) is 22.6. The van der Waals surface area contributed by atoms with Crippen LogP contribution in [0.4, 0.5) is 0 Å². The maximum atomic E-state index is 10.2. The Morgan fingerprint density at radius 1 is 1.47 bits per heavy atom. The van der Waals surface area contributed by atoms with E-state index in [9.17, 15) is 5.11 Å². The molecule has 2 atom stereocenters. The lowest BCUT2D eigenvalue weighted by Gasteiger charge is -2.37. The fraction of sp³-hybridized carbons (Fsp3) is 0.800. The van der Waals surface area contributed by atoms with Crippen molar-refractivity contribution >= 4 is 11.3 Å². The minimum Gasteiger partial charge on any atom is -0.392 e. The molecule has 2 unspecified atom stereocenters. The van der Waals surface area contributed by atoms with E-state index in [-0.39, 0.29) is 6.10 Å². The van der Waals surface area contributed by atoms with Crippen molar-refractivity contribution in [2.24, 2.45) is 0 Å². The fourth-order valence-corrected chi connectivity index (χ4v) is 3.77. The summed E-state index contributed by atoms with van der Waals surface area (Å²) in [5.41, 5.74) is 1.18. The second-order valence-corrected chi connectivity index (χ2v) is 6.43. The molecule has 1 fully saturated rings. The summed E-state index contributed by atoms with van der Waals surface area (Å²) in [5, 5.41) is 13.6. The van der Waals surface area contributed by atoms with Crippen molar-refractivity contribution < 1.29 is 5.11 Å². The Morgan fingerprint density at radius 2 is 2.32 bits per heavy atom. The molecule has 108 valence electrons. The van der Waals surface area contributed by atoms with Gasteiger partial charge in [0, 0.05) is 18.0 Å². The highest BCUT2D eigenvalue weighted by molar-refractivity contribution is 7.09. The van der Waals surface area contributed by atoms with Gasteiger partial charge in [-0.15, -0.1) is 11.3 Å². The van der Waals surface area contributed by atoms with Gasteiger partial charge < -0.3 is 5.11 Å². The van der Waals surface area contributed by atoms with E-state index in [0.717, 1.165) is 38.8 Å². The number of thiazole rings is 1. The number of nitrogens with zero attached hydrogens (tertiary/aromatic N) is 2. The summed E-state index contributed by atoms with van der Waals surface area (Å²) in [5.74, 6) is 0. The first-order chi connectivity index (χ1) is 9.24. The third kappa shape index (κ3) is 4.01. The average Bonchev–Trinajstić information content (AvgIpc) is 2.86. The number of piperidine rings is 1. The molecular formula is C15H26N2OS. The van der Waals surface area contributed by atoms with Crippen LogP contribution in [0.5, 0.6) is 0 Å². The zero-order valence-electron chi connectivity index (χ0n) is 12.1. The van der Waals surface area contributed by atoms with E-state index in [1.807, 2.05) is 0 Å². The van der Waals surface area contributed by atoms with Crippen LogP contribution in [0.1, 0.15) is 56.7 Å². The van der Waals surface area contributed by atoms with Gasteiger partial charge in [-0.25, -0.2) is 4.98 Å². The van der Waals surface area contributed by atoms with Crippen molar-refractivity contribution in [1.82, 2.24) is 9.88 Å². The molecular weight excluding hydrogens is 256 g/mol. The Hall–Kier alpha value is -0.450. The van der Waals surface area contributed by atoms with Gasteiger partial charge in [0.1, 0.15) is 0 Å². The molecule has 0 aromatic carbocycles. The molecule has 0 aliphatic carbocycles. The first-order valence-electron chi connectivity index (χ1n) is 7.60. The van der Waals surface area contributed by atoms with Crippen LogP contribution in [-0.2, 0) is 13.0 Å². The SMILES string of the molecule is CCCc1nc(CN2CCCCC2C(O)CC)cs1. The number of aryl methyl sites for hydroxylation is 1. The van der Waals surface area contributed by atoms with Gasteiger partial charge in [0.15, 0.2) is 0 Å². The summed E-state index contributed by atoms with van der Waals surface area (Å²) < 4.78 is 0. The van der Waals surface area contributed by atoms with Crippen molar-refractivity contribution in [3.63, 3.8) is 0 Å². The van der Waals surface area contributed by atoms with Crippen LogP contribution in [0, 0.1) is 0 Å². The van der Waals surface area contributed by atoms with Crippen LogP contribution in [-0.4, -0.2) is 33.7 Å². The highest BCUT2D eigenvalue weighted by Gasteiger charge is 2.28. The van der Waals surface area contributed by atoms with E-state index in [1.54, 1.807) is 11.3 Å². The molecule has 0 spiro atoms. The van der Waals surface area contributed by atoms with Crippen LogP contribution in [0.3, 0.4) is 0 Å². The highest BCUT2D eigenvalue weighted by atomic mass is 32.1. The van der Waals surface area contributed by atoms with Crippen molar-refractivity contribution in [1.29, 1.82) is 0 Å². The second kappa shape index (κ2) is 7.36. The van der Waals surface area contributed by atoms with Crippen LogP contribution < -0.4 is 0 Å². The number of aromatic nitrogens is 1. The minimum absolute atomic E-state index is 0.186. The molecule has 1 N–H and O–H groups in total. The first-order valence-corrected chi connectivity index (χ1v) is 8.48. The van der Waals surface area contributed by atoms with Crippen molar-refractivity contribution in [3.8, 4) is 0 Å². The maximum absolute atomic E-state index is 10.2. The number of aliphatic hydroxyl groups excluding tert-OH is 1. The van der Waals surface area contributed by atoms with E-state index in [2.05, 4.69) is 24.1 Å². The second-order valence-electron chi connectivity index (χ2n) is 5.49. The van der Waals surface area contributed by atoms with Crippen LogP contribution in [0.15, 0.2) is 5.38 Å². The maximum Gasteiger partial charge on any atom is 0.0928 e. The van der Waals surface area contributed by atoms with Crippen molar-refractivity contribution in [2.75, 3.05) is 6.54 Å². The van der Waals surface area contributed by atoms with Gasteiger partial charge in [-0.1, -0.05) is 20.3 Å². The van der Waals surface area contributed by atoms with Gasteiger partial charge in [-0.2, -0.15) is 0 Å². The molecule has 1 saturated heterocycles. The van der Waals surface area contributed by atoms with Crippen LogP contribution >= 0.6 is 11.3 Å². The summed E-state index contributed by atoms with van der Waals surface area (Å²) in [6.45, 7) is 6.27. The highest BCUT2D eigenvalue weighted by Crippen LogP contribution is 2.24. The Morgan fingerprint density at radius 3 is 3.05 bits per heavy atom. The number of likely N-dealkylation sites (tertiary alicyclic amines) is 1. The Balaban J connectivity index is 1.98. The number of rotatable bonds is 6. The first kappa shape index (κ1) is 14.9. The van der Waals surface area contributed by atoms with Gasteiger partial charge in [0.25, 0.3) is 0 Å².